The summed E-state index contributed by atoms with van der Waals surface area (Å²) in [7, 11) is 0. The van der Waals surface area contributed by atoms with Gasteiger partial charge in [-0.05, 0) is 19.4 Å². The van der Waals surface area contributed by atoms with Crippen LogP contribution in [-0.4, -0.2) is 36.4 Å². The lowest BCUT2D eigenvalue weighted by Crippen LogP contribution is -2.35. The first-order chi connectivity index (χ1) is 9.20. The van der Waals surface area contributed by atoms with E-state index in [0.29, 0.717) is 31.7 Å². The number of aromatic nitrogens is 1. The lowest BCUT2D eigenvalue weighted by Gasteiger charge is -2.05. The lowest BCUT2D eigenvalue weighted by molar-refractivity contribution is -0.122. The van der Waals surface area contributed by atoms with Crippen LogP contribution in [0.2, 0.25) is 0 Å². The van der Waals surface area contributed by atoms with Crippen molar-refractivity contribution in [1.82, 2.24) is 15.6 Å². The molecule has 0 aromatic carbocycles. The van der Waals surface area contributed by atoms with Crippen molar-refractivity contribution in [2.75, 3.05) is 19.6 Å². The van der Waals surface area contributed by atoms with E-state index in [9.17, 15) is 9.59 Å². The van der Waals surface area contributed by atoms with Crippen LogP contribution in [0.15, 0.2) is 5.38 Å². The quantitative estimate of drug-likeness (QED) is 0.631. The van der Waals surface area contributed by atoms with Gasteiger partial charge in [0.2, 0.25) is 5.91 Å². The molecule has 0 spiro atoms. The Morgan fingerprint density at radius 1 is 1.35 bits per heavy atom. The van der Waals surface area contributed by atoms with Gasteiger partial charge in [-0.25, -0.2) is 4.98 Å². The van der Waals surface area contributed by atoms with Gasteiger partial charge >= 0.3 is 0 Å². The molecule has 6 nitrogen and oxygen atoms in total. The van der Waals surface area contributed by atoms with Crippen LogP contribution in [0.1, 0.15) is 28.3 Å². The Balaban J connectivity index is 0.00000200. The van der Waals surface area contributed by atoms with Gasteiger partial charge in [0.1, 0.15) is 5.69 Å². The molecule has 1 aliphatic carbocycles. The summed E-state index contributed by atoms with van der Waals surface area (Å²) < 4.78 is 0. The van der Waals surface area contributed by atoms with E-state index >= 15 is 0 Å². The molecule has 0 radical (unpaired) electrons. The number of rotatable bonds is 7. The largest absolute Gasteiger partial charge is 0.354 e. The molecule has 0 unspecified atom stereocenters. The van der Waals surface area contributed by atoms with Crippen molar-refractivity contribution in [2.45, 2.75) is 19.3 Å². The Bertz CT molecular complexity index is 462. The van der Waals surface area contributed by atoms with E-state index in [1.54, 1.807) is 5.38 Å². The maximum absolute atomic E-state index is 11.7. The summed E-state index contributed by atoms with van der Waals surface area (Å²) in [6.45, 7) is 1.41. The standard InChI is InChI=1S/C12H18N4O2S.ClH/c13-4-3-10-16-9(7-19-10)12(18)15-6-5-14-11(17)8-1-2-8;/h7-8H,1-6,13H2,(H,14,17)(H,15,18);1H. The van der Waals surface area contributed by atoms with Gasteiger partial charge in [0, 0.05) is 30.8 Å². The van der Waals surface area contributed by atoms with Crippen LogP contribution in [0.3, 0.4) is 0 Å². The second kappa shape index (κ2) is 8.18. The number of nitrogens with one attached hydrogen (secondary N) is 2. The van der Waals surface area contributed by atoms with E-state index < -0.39 is 0 Å². The number of thiazole rings is 1. The van der Waals surface area contributed by atoms with Gasteiger partial charge in [-0.1, -0.05) is 0 Å². The van der Waals surface area contributed by atoms with Gasteiger partial charge in [0.25, 0.3) is 5.91 Å². The summed E-state index contributed by atoms with van der Waals surface area (Å²) in [5.41, 5.74) is 5.85. The van der Waals surface area contributed by atoms with E-state index in [-0.39, 0.29) is 30.1 Å². The Morgan fingerprint density at radius 3 is 2.70 bits per heavy atom. The third kappa shape index (κ3) is 5.07. The summed E-state index contributed by atoms with van der Waals surface area (Å²) in [6.07, 6.45) is 2.66. The minimum absolute atomic E-state index is 0. The van der Waals surface area contributed by atoms with Crippen molar-refractivity contribution < 1.29 is 9.59 Å². The molecule has 1 aromatic heterocycles. The van der Waals surface area contributed by atoms with Crippen molar-refractivity contribution >= 4 is 35.6 Å². The molecule has 1 heterocycles. The van der Waals surface area contributed by atoms with Gasteiger partial charge in [-0.15, -0.1) is 23.7 Å². The fraction of sp³-hybridized carbons (Fsp3) is 0.583. The van der Waals surface area contributed by atoms with E-state index in [1.165, 1.54) is 11.3 Å². The Labute approximate surface area is 127 Å². The zero-order chi connectivity index (χ0) is 13.7. The molecule has 1 fully saturated rings. The van der Waals surface area contributed by atoms with E-state index in [0.717, 1.165) is 17.8 Å². The molecule has 0 aliphatic heterocycles. The van der Waals surface area contributed by atoms with E-state index in [2.05, 4.69) is 15.6 Å². The average Bonchev–Trinajstić information content (AvgIpc) is 3.15. The van der Waals surface area contributed by atoms with E-state index in [1.807, 2.05) is 0 Å². The molecule has 112 valence electrons. The summed E-state index contributed by atoms with van der Waals surface area (Å²) in [5, 5.41) is 8.11. The van der Waals surface area contributed by atoms with Gasteiger partial charge in [-0.3, -0.25) is 9.59 Å². The zero-order valence-electron chi connectivity index (χ0n) is 11.1. The van der Waals surface area contributed by atoms with Crippen LogP contribution < -0.4 is 16.4 Å². The first-order valence-electron chi connectivity index (χ1n) is 6.41. The van der Waals surface area contributed by atoms with Crippen molar-refractivity contribution in [1.29, 1.82) is 0 Å². The number of halogens is 1. The fourth-order valence-electron chi connectivity index (χ4n) is 1.60. The van der Waals surface area contributed by atoms with Crippen LogP contribution in [0.4, 0.5) is 0 Å². The van der Waals surface area contributed by atoms with Crippen LogP contribution in [0.25, 0.3) is 0 Å². The smallest absolute Gasteiger partial charge is 0.270 e. The van der Waals surface area contributed by atoms with Crippen LogP contribution in [0.5, 0.6) is 0 Å². The molecule has 20 heavy (non-hydrogen) atoms. The summed E-state index contributed by atoms with van der Waals surface area (Å²) >= 11 is 1.44. The molecule has 8 heteroatoms. The normalized spacial score (nSPS) is 13.4. The second-order valence-corrected chi connectivity index (χ2v) is 5.43. The molecule has 1 aromatic rings. The van der Waals surface area contributed by atoms with Gasteiger partial charge in [0.05, 0.1) is 5.01 Å². The van der Waals surface area contributed by atoms with Gasteiger partial charge in [0.15, 0.2) is 0 Å². The Hall–Kier alpha value is -1.18. The number of hydrogen-bond acceptors (Lipinski definition) is 5. The van der Waals surface area contributed by atoms with Crippen molar-refractivity contribution in [3.05, 3.63) is 16.1 Å². The fourth-order valence-corrected chi connectivity index (χ4v) is 2.39. The maximum atomic E-state index is 11.7. The lowest BCUT2D eigenvalue weighted by atomic mass is 10.4. The van der Waals surface area contributed by atoms with Crippen LogP contribution in [0, 0.1) is 5.92 Å². The number of amides is 2. The number of carbonyl (C=O) groups is 2. The first kappa shape index (κ1) is 16.9. The zero-order valence-corrected chi connectivity index (χ0v) is 12.7. The summed E-state index contributed by atoms with van der Waals surface area (Å²) in [5.74, 6) is 0.0846. The van der Waals surface area contributed by atoms with E-state index in [4.69, 9.17) is 5.73 Å². The molecule has 2 rings (SSSR count). The highest BCUT2D eigenvalue weighted by atomic mass is 35.5. The molecule has 0 atom stereocenters. The highest BCUT2D eigenvalue weighted by Crippen LogP contribution is 2.28. The van der Waals surface area contributed by atoms with Crippen LogP contribution >= 0.6 is 23.7 Å². The second-order valence-electron chi connectivity index (χ2n) is 4.49. The molecular weight excluding hydrogens is 300 g/mol. The molecule has 1 saturated carbocycles. The number of nitrogens with two attached hydrogens (primary N) is 1. The number of carbonyl (C=O) groups excluding carboxylic acids is 2. The number of nitrogens with zero attached hydrogens (tertiary/aromatic N) is 1. The summed E-state index contributed by atoms with van der Waals surface area (Å²) in [6, 6.07) is 0. The van der Waals surface area contributed by atoms with Crippen molar-refractivity contribution in [3.8, 4) is 0 Å². The monoisotopic (exact) mass is 318 g/mol. The number of hydrogen-bond donors (Lipinski definition) is 3. The minimum Gasteiger partial charge on any atom is -0.354 e. The molecule has 0 saturated heterocycles. The third-order valence-corrected chi connectivity index (χ3v) is 3.71. The highest BCUT2D eigenvalue weighted by molar-refractivity contribution is 7.09. The SMILES string of the molecule is Cl.NCCc1nc(C(=O)NCCNC(=O)C2CC2)cs1. The molecule has 1 aliphatic rings. The average molecular weight is 319 g/mol. The molecule has 2 amide bonds. The molecule has 0 bridgehead atoms. The first-order valence-corrected chi connectivity index (χ1v) is 7.29. The Kier molecular flexibility index (Phi) is 6.90. The Morgan fingerprint density at radius 2 is 2.05 bits per heavy atom. The third-order valence-electron chi connectivity index (χ3n) is 2.80. The molecule has 4 N–H and O–H groups in total. The minimum atomic E-state index is -0.208. The summed E-state index contributed by atoms with van der Waals surface area (Å²) in [4.78, 5) is 27.3. The topological polar surface area (TPSA) is 97.1 Å². The predicted molar refractivity (Wildman–Crippen MR) is 80.2 cm³/mol. The van der Waals surface area contributed by atoms with Gasteiger partial charge in [-0.2, -0.15) is 0 Å². The van der Waals surface area contributed by atoms with Gasteiger partial charge < -0.3 is 16.4 Å². The maximum Gasteiger partial charge on any atom is 0.270 e. The van der Waals surface area contributed by atoms with Crippen molar-refractivity contribution in [3.63, 3.8) is 0 Å². The predicted octanol–water partition coefficient (Wildman–Crippen LogP) is 0.322. The highest BCUT2D eigenvalue weighted by Gasteiger charge is 2.28. The van der Waals surface area contributed by atoms with Crippen molar-refractivity contribution in [2.24, 2.45) is 11.7 Å². The van der Waals surface area contributed by atoms with Crippen LogP contribution in [-0.2, 0) is 11.2 Å². The molecular formula is C12H19ClN4O2S.